The number of hydrogen-bond donors (Lipinski definition) is 4. The van der Waals surface area contributed by atoms with Gasteiger partial charge >= 0.3 is 0 Å². The van der Waals surface area contributed by atoms with Crippen molar-refractivity contribution in [3.63, 3.8) is 0 Å². The number of benzene rings is 2. The highest BCUT2D eigenvalue weighted by Crippen LogP contribution is 2.54. The minimum Gasteiger partial charge on any atom is -0.758 e. The number of hydroxylamine groups is 1. The Bertz CT molecular complexity index is 3360. The lowest BCUT2D eigenvalue weighted by Crippen LogP contribution is -2.60. The number of carbonyl (C=O) groups excluding carboxylic acids is 1. The summed E-state index contributed by atoms with van der Waals surface area (Å²) in [6.45, 7) is 13.9. The number of rotatable bonds is 19. The highest BCUT2D eigenvalue weighted by molar-refractivity contribution is 7.90. The first-order valence-electron chi connectivity index (χ1n) is 28.8. The molecule has 3 aliphatic carbocycles. The predicted octanol–water partition coefficient (Wildman–Crippen LogP) is 10.4. The van der Waals surface area contributed by atoms with Crippen LogP contribution in [0.1, 0.15) is 143 Å². The van der Waals surface area contributed by atoms with Crippen molar-refractivity contribution < 1.29 is 36.9 Å². The van der Waals surface area contributed by atoms with E-state index in [-0.39, 0.29) is 69.5 Å². The fraction of sp³-hybridized carbons (Fsp3) is 0.508. The zero-order chi connectivity index (χ0) is 56.8. The minimum atomic E-state index is -4.61. The summed E-state index contributed by atoms with van der Waals surface area (Å²) < 4.78 is 63.5. The van der Waals surface area contributed by atoms with Gasteiger partial charge in [-0.25, -0.2) is 27.5 Å². The molecular formula is C61H76FN10O8S-. The molecule has 2 aromatic carbocycles. The van der Waals surface area contributed by atoms with Crippen LogP contribution in [0.25, 0.3) is 11.0 Å². The lowest BCUT2D eigenvalue weighted by molar-refractivity contribution is -0.0629. The molecule has 2 saturated heterocycles. The van der Waals surface area contributed by atoms with Crippen LogP contribution >= 0.6 is 0 Å². The molecule has 1 atom stereocenters. The Balaban J connectivity index is 0.804. The molecule has 4 N–H and O–H groups in total. The molecule has 1 amide bonds. The predicted molar refractivity (Wildman–Crippen MR) is 310 cm³/mol. The van der Waals surface area contributed by atoms with E-state index < -0.39 is 32.2 Å². The van der Waals surface area contributed by atoms with Crippen molar-refractivity contribution in [3.8, 4) is 23.3 Å². The van der Waals surface area contributed by atoms with E-state index in [0.29, 0.717) is 42.3 Å². The van der Waals surface area contributed by atoms with E-state index in [2.05, 4.69) is 89.9 Å². The van der Waals surface area contributed by atoms with Crippen molar-refractivity contribution in [1.82, 2.24) is 34.5 Å². The van der Waals surface area contributed by atoms with Crippen LogP contribution in [0, 0.1) is 22.4 Å². The van der Waals surface area contributed by atoms with Crippen LogP contribution in [-0.4, -0.2) is 121 Å². The highest BCUT2D eigenvalue weighted by atomic mass is 32.2. The van der Waals surface area contributed by atoms with Gasteiger partial charge in [-0.2, -0.15) is 4.98 Å². The number of nitrogens with one attached hydrogen (secondary N) is 3. The van der Waals surface area contributed by atoms with Gasteiger partial charge in [0, 0.05) is 93.7 Å². The number of sulfonamides is 1. The van der Waals surface area contributed by atoms with Gasteiger partial charge in [0.1, 0.15) is 27.9 Å². The number of aromatic nitrogens is 4. The van der Waals surface area contributed by atoms with E-state index in [4.69, 9.17) is 19.2 Å². The Morgan fingerprint density at radius 1 is 0.951 bits per heavy atom. The summed E-state index contributed by atoms with van der Waals surface area (Å²) in [6.07, 6.45) is 11.7. The molecule has 11 rings (SSSR count). The van der Waals surface area contributed by atoms with E-state index in [1.807, 2.05) is 6.92 Å². The molecule has 18 nitrogen and oxygen atoms in total. The molecule has 6 aromatic rings. The molecule has 5 fully saturated rings. The maximum Gasteiger partial charge on any atom is 0.268 e. The summed E-state index contributed by atoms with van der Waals surface area (Å²) in [5.74, 6) is 0.652. The lowest BCUT2D eigenvalue weighted by atomic mass is 9.59. The second kappa shape index (κ2) is 23.0. The van der Waals surface area contributed by atoms with E-state index in [1.165, 1.54) is 61.0 Å². The molecule has 20 heteroatoms. The second-order valence-electron chi connectivity index (χ2n) is 23.8. The van der Waals surface area contributed by atoms with Crippen molar-refractivity contribution in [2.45, 2.75) is 133 Å². The molecule has 0 radical (unpaired) electrons. The first kappa shape index (κ1) is 56.3. The number of aliphatic hydroxyl groups is 1. The average molecular weight is 1130 g/mol. The van der Waals surface area contributed by atoms with Crippen molar-refractivity contribution >= 4 is 44.2 Å². The van der Waals surface area contributed by atoms with E-state index in [0.717, 1.165) is 101 Å². The van der Waals surface area contributed by atoms with Crippen LogP contribution in [0.15, 0.2) is 84.0 Å². The number of H-pyrrole nitrogens is 1. The molecule has 5 aliphatic rings. The Kier molecular flexibility index (Phi) is 16.0. The normalized spacial score (nSPS) is 21.7. The van der Waals surface area contributed by atoms with E-state index >= 15 is 4.39 Å². The third kappa shape index (κ3) is 12.2. The van der Waals surface area contributed by atoms with Crippen molar-refractivity contribution in [2.75, 3.05) is 75.3 Å². The number of aromatic amines is 1. The molecule has 3 saturated carbocycles. The fourth-order valence-electron chi connectivity index (χ4n) is 12.9. The maximum atomic E-state index is 15.1. The Morgan fingerprint density at radius 3 is 2.43 bits per heavy atom. The topological polar surface area (TPSA) is 214 Å². The number of carbonyl (C=O) groups is 1. The van der Waals surface area contributed by atoms with Crippen molar-refractivity contribution in [2.24, 2.45) is 11.3 Å². The smallest absolute Gasteiger partial charge is 0.268 e. The number of methoxy groups -OCH3 is 1. The van der Waals surface area contributed by atoms with E-state index in [9.17, 15) is 23.5 Å². The summed E-state index contributed by atoms with van der Waals surface area (Å²) in [7, 11) is -1.65. The summed E-state index contributed by atoms with van der Waals surface area (Å²) in [5, 5.41) is 27.1. The molecule has 81 heavy (non-hydrogen) atoms. The van der Waals surface area contributed by atoms with Crippen LogP contribution in [0.2, 0.25) is 0 Å². The Labute approximate surface area is 474 Å². The summed E-state index contributed by atoms with van der Waals surface area (Å²) in [5.41, 5.74) is 5.39. The van der Waals surface area contributed by atoms with Gasteiger partial charge in [-0.3, -0.25) is 14.6 Å². The quantitative estimate of drug-likeness (QED) is 0.0555. The molecular weight excluding hydrogens is 1050 g/mol. The van der Waals surface area contributed by atoms with Crippen LogP contribution in [0.3, 0.4) is 0 Å². The van der Waals surface area contributed by atoms with Crippen molar-refractivity contribution in [3.05, 3.63) is 118 Å². The molecule has 6 heterocycles. The largest absolute Gasteiger partial charge is 0.758 e. The third-order valence-corrected chi connectivity index (χ3v) is 19.0. The summed E-state index contributed by atoms with van der Waals surface area (Å²) >= 11 is 0. The number of ether oxygens (including phenoxy) is 3. The van der Waals surface area contributed by atoms with Crippen LogP contribution in [0.4, 0.5) is 21.6 Å². The van der Waals surface area contributed by atoms with Crippen molar-refractivity contribution in [1.29, 1.82) is 0 Å². The molecule has 2 aliphatic heterocycles. The first-order chi connectivity index (χ1) is 38.9. The molecule has 1 spiro atoms. The zero-order valence-electron chi connectivity index (χ0n) is 47.3. The van der Waals surface area contributed by atoms with Crippen LogP contribution in [-0.2, 0) is 16.6 Å². The molecule has 0 unspecified atom stereocenters. The van der Waals surface area contributed by atoms with Gasteiger partial charge in [-0.15, -0.1) is 0 Å². The standard InChI is InChI=1S/C61H76FN10O8S/c1-7-79-59-54(30-49-50(62)35-65-55(49)67-59)80-53-28-42(15-17-48(53)57(73)68-81(76,77)44-29-51(69(5)75)56(64-34-44)63-33-39-18-20-60(4,74)21-19-39)71-24-22-61(23-25-71)31-43(32-61)72-27-26-70(37-52(72)47-11-9-8-10-45(47)38(2)3)36-41-14-16-46(40-12-13-40)58(66-41)78-6/h8-11,14-17,28-30,34-35,38-40,43,52,74H,7,12-13,18-27,31-33,36-37H2,1-6H3,(H,63,64)(H,65,67)(H,68,73)/q-1/t39?,52-,60?/m0/s1. The number of piperazine rings is 1. The number of anilines is 3. The maximum absolute atomic E-state index is 15.1. The van der Waals surface area contributed by atoms with Gasteiger partial charge < -0.3 is 44.8 Å². The highest BCUT2D eigenvalue weighted by Gasteiger charge is 2.50. The van der Waals surface area contributed by atoms with Gasteiger partial charge in [0.2, 0.25) is 5.88 Å². The van der Waals surface area contributed by atoms with Crippen LogP contribution < -0.4 is 34.2 Å². The summed E-state index contributed by atoms with van der Waals surface area (Å²) in [4.78, 5) is 38.2. The number of fused-ring (bicyclic) bond motifs is 1. The van der Waals surface area contributed by atoms with Gasteiger partial charge in [-0.1, -0.05) is 44.2 Å². The number of pyridine rings is 3. The third-order valence-electron chi connectivity index (χ3n) is 17.7. The van der Waals surface area contributed by atoms with Crippen LogP contribution in [0.5, 0.6) is 23.3 Å². The Morgan fingerprint density at radius 2 is 1.72 bits per heavy atom. The second-order valence-corrected chi connectivity index (χ2v) is 25.5. The monoisotopic (exact) mass is 1130 g/mol. The molecule has 432 valence electrons. The van der Waals surface area contributed by atoms with Gasteiger partial charge in [0.05, 0.1) is 41.6 Å². The molecule has 0 bridgehead atoms. The van der Waals surface area contributed by atoms with E-state index in [1.54, 1.807) is 26.2 Å². The first-order valence-corrected chi connectivity index (χ1v) is 30.3. The fourth-order valence-corrected chi connectivity index (χ4v) is 13.8. The number of hydrogen-bond acceptors (Lipinski definition) is 16. The molecule has 4 aromatic heterocycles. The SMILES string of the molecule is CCOc1nc2[nH]cc(F)c2cc1Oc1cc(N2CCC3(CC2)CC(N2CCN(Cc4ccc(C5CC5)c(OC)n4)C[C@H]2c2ccccc2C(C)C)C3)ccc1C(=O)NS(=O)(=O)c1cnc(NCC2CCC(C)(O)CC2)c(N(C)[O-])c1. The Hall–Kier alpha value is -6.58. The lowest BCUT2D eigenvalue weighted by Gasteiger charge is -2.58. The summed E-state index contributed by atoms with van der Waals surface area (Å²) in [6, 6.07) is 21.7. The minimum absolute atomic E-state index is 0.00109. The average Bonchev–Trinajstić information content (AvgIpc) is 4.30. The number of piperidine rings is 1. The van der Waals surface area contributed by atoms with Gasteiger partial charge in [-0.05, 0) is 144 Å². The number of nitrogens with zero attached hydrogens (tertiary/aromatic N) is 7. The van der Waals surface area contributed by atoms with Gasteiger partial charge in [0.15, 0.2) is 5.75 Å². The number of halogens is 1. The number of amides is 1. The zero-order valence-corrected chi connectivity index (χ0v) is 48.2. The van der Waals surface area contributed by atoms with Gasteiger partial charge in [0.25, 0.3) is 21.8 Å².